The number of nitrogens with zero attached hydrogens (tertiary/aromatic N) is 2. The van der Waals surface area contributed by atoms with E-state index in [-0.39, 0.29) is 10.7 Å². The first kappa shape index (κ1) is 20.8. The zero-order valence-electron chi connectivity index (χ0n) is 16.4. The van der Waals surface area contributed by atoms with Crippen LogP contribution >= 0.6 is 11.8 Å². The maximum atomic E-state index is 12.4. The molecule has 26 heavy (non-hydrogen) atoms. The summed E-state index contributed by atoms with van der Waals surface area (Å²) in [7, 11) is 3.09. The van der Waals surface area contributed by atoms with Crippen LogP contribution in [-0.4, -0.2) is 40.5 Å². The molecule has 1 N–H and O–H groups in total. The fourth-order valence-corrected chi connectivity index (χ4v) is 5.46. The van der Waals surface area contributed by atoms with Gasteiger partial charge in [0, 0.05) is 5.25 Å². The molecule has 1 aromatic heterocycles. The number of aliphatic carboxylic acids is 1. The number of unbranched alkanes of at least 4 members (excludes halogenated alkanes) is 1. The van der Waals surface area contributed by atoms with Crippen LogP contribution in [-0.2, 0) is 4.79 Å². The van der Waals surface area contributed by atoms with Gasteiger partial charge in [-0.1, -0.05) is 51.8 Å². The molecule has 146 valence electrons. The molecule has 0 saturated heterocycles. The topological polar surface area (TPSA) is 81.5 Å². The summed E-state index contributed by atoms with van der Waals surface area (Å²) < 4.78 is 10.5. The van der Waals surface area contributed by atoms with Crippen LogP contribution in [0.2, 0.25) is 0 Å². The molecule has 0 radical (unpaired) electrons. The van der Waals surface area contributed by atoms with Crippen molar-refractivity contribution < 1.29 is 19.4 Å². The van der Waals surface area contributed by atoms with Crippen LogP contribution < -0.4 is 9.47 Å². The van der Waals surface area contributed by atoms with Gasteiger partial charge >= 0.3 is 5.97 Å². The Bertz CT molecular complexity index is 616. The number of methoxy groups -OCH3 is 2. The van der Waals surface area contributed by atoms with Gasteiger partial charge in [-0.25, -0.2) is 0 Å². The summed E-state index contributed by atoms with van der Waals surface area (Å²) in [5, 5.41) is 10.6. The van der Waals surface area contributed by atoms with Gasteiger partial charge < -0.3 is 14.6 Å². The summed E-state index contributed by atoms with van der Waals surface area (Å²) in [5.74, 6) is 0.135. The minimum absolute atomic E-state index is 0.121. The van der Waals surface area contributed by atoms with Crippen molar-refractivity contribution in [3.63, 3.8) is 0 Å². The lowest BCUT2D eigenvalue weighted by Crippen LogP contribution is -2.51. The molecular weight excluding hydrogens is 352 g/mol. The van der Waals surface area contributed by atoms with E-state index in [1.807, 2.05) is 0 Å². The summed E-state index contributed by atoms with van der Waals surface area (Å²) in [5.41, 5.74) is -0.892. The first-order chi connectivity index (χ1) is 12.3. The Labute approximate surface area is 160 Å². The Morgan fingerprint density at radius 2 is 1.88 bits per heavy atom. The van der Waals surface area contributed by atoms with E-state index in [0.717, 1.165) is 25.7 Å². The second-order valence-corrected chi connectivity index (χ2v) is 8.71. The smallest absolute Gasteiger partial charge is 0.310 e. The molecule has 7 heteroatoms. The Balaban J connectivity index is 2.44. The van der Waals surface area contributed by atoms with E-state index in [4.69, 9.17) is 9.47 Å². The SMILES string of the molecule is CCCCC1(C(=O)O)CCCC(C)(C)C1Sc1nc(OC)cc(OC)n1. The third kappa shape index (κ3) is 4.24. The molecule has 1 heterocycles. The molecule has 1 saturated carbocycles. The maximum Gasteiger partial charge on any atom is 0.310 e. The lowest BCUT2D eigenvalue weighted by Gasteiger charge is -2.49. The standard InChI is InChI=1S/C19H30N2O4S/c1-6-7-10-19(16(22)23)11-8-9-18(2,3)15(19)26-17-20-13(24-4)12-14(21-17)25-5/h12,15H,6-11H2,1-5H3,(H,22,23). The van der Waals surface area contributed by atoms with E-state index in [1.165, 1.54) is 11.8 Å². The molecule has 2 atom stereocenters. The van der Waals surface area contributed by atoms with E-state index in [2.05, 4.69) is 30.7 Å². The third-order valence-electron chi connectivity index (χ3n) is 5.36. The predicted octanol–water partition coefficient (Wildman–Crippen LogP) is 4.43. The number of hydrogen-bond acceptors (Lipinski definition) is 6. The highest BCUT2D eigenvalue weighted by molar-refractivity contribution is 7.99. The van der Waals surface area contributed by atoms with Crippen molar-refractivity contribution >= 4 is 17.7 Å². The zero-order chi connectivity index (χ0) is 19.4. The highest BCUT2D eigenvalue weighted by Gasteiger charge is 2.54. The van der Waals surface area contributed by atoms with Gasteiger partial charge in [0.05, 0.1) is 25.7 Å². The lowest BCUT2D eigenvalue weighted by molar-refractivity contribution is -0.153. The molecule has 6 nitrogen and oxygen atoms in total. The summed E-state index contributed by atoms with van der Waals surface area (Å²) in [6.45, 7) is 6.41. The molecule has 0 amide bonds. The molecule has 0 aromatic carbocycles. The second kappa shape index (κ2) is 8.46. The van der Waals surface area contributed by atoms with Gasteiger partial charge in [0.15, 0.2) is 5.16 Å². The summed E-state index contributed by atoms with van der Waals surface area (Å²) in [4.78, 5) is 21.3. The molecule has 2 unspecified atom stereocenters. The van der Waals surface area contributed by atoms with Gasteiger partial charge in [0.2, 0.25) is 11.8 Å². The Morgan fingerprint density at radius 3 is 2.38 bits per heavy atom. The van der Waals surface area contributed by atoms with Crippen LogP contribution in [0.15, 0.2) is 11.2 Å². The van der Waals surface area contributed by atoms with Gasteiger partial charge in [0.25, 0.3) is 0 Å². The van der Waals surface area contributed by atoms with Crippen LogP contribution in [0.1, 0.15) is 59.3 Å². The molecular formula is C19H30N2O4S. The quantitative estimate of drug-likeness (QED) is 0.666. The lowest BCUT2D eigenvalue weighted by atomic mass is 9.61. The molecule has 0 spiro atoms. The van der Waals surface area contributed by atoms with Gasteiger partial charge in [-0.15, -0.1) is 0 Å². The number of aromatic nitrogens is 2. The number of carbonyl (C=O) groups is 1. The highest BCUT2D eigenvalue weighted by atomic mass is 32.2. The molecule has 0 bridgehead atoms. The minimum Gasteiger partial charge on any atom is -0.481 e. The Hall–Kier alpha value is -1.50. The fourth-order valence-electron chi connectivity index (χ4n) is 3.97. The van der Waals surface area contributed by atoms with Crippen molar-refractivity contribution in [3.8, 4) is 11.8 Å². The number of rotatable bonds is 8. The van der Waals surface area contributed by atoms with Crippen molar-refractivity contribution in [2.24, 2.45) is 10.8 Å². The molecule has 0 aliphatic heterocycles. The average molecular weight is 383 g/mol. The van der Waals surface area contributed by atoms with Crippen LogP contribution in [0.4, 0.5) is 0 Å². The number of hydrogen-bond donors (Lipinski definition) is 1. The molecule has 2 rings (SSSR count). The Morgan fingerprint density at radius 1 is 1.27 bits per heavy atom. The highest BCUT2D eigenvalue weighted by Crippen LogP contribution is 2.56. The molecule has 1 aliphatic rings. The van der Waals surface area contributed by atoms with Crippen LogP contribution in [0.25, 0.3) is 0 Å². The third-order valence-corrected chi connectivity index (χ3v) is 7.08. The van der Waals surface area contributed by atoms with Gasteiger partial charge in [-0.3, -0.25) is 4.79 Å². The van der Waals surface area contributed by atoms with Crippen LogP contribution in [0, 0.1) is 10.8 Å². The maximum absolute atomic E-state index is 12.4. The van der Waals surface area contributed by atoms with Crippen molar-refractivity contribution in [2.75, 3.05) is 14.2 Å². The van der Waals surface area contributed by atoms with Crippen LogP contribution in [0.5, 0.6) is 11.8 Å². The second-order valence-electron chi connectivity index (χ2n) is 7.64. The minimum atomic E-state index is -0.762. The van der Waals surface area contributed by atoms with E-state index in [9.17, 15) is 9.90 Å². The monoisotopic (exact) mass is 382 g/mol. The summed E-state index contributed by atoms with van der Waals surface area (Å²) in [6, 6.07) is 1.62. The van der Waals surface area contributed by atoms with Crippen molar-refractivity contribution in [2.45, 2.75) is 69.7 Å². The van der Waals surface area contributed by atoms with Crippen molar-refractivity contribution in [1.29, 1.82) is 0 Å². The van der Waals surface area contributed by atoms with Crippen molar-refractivity contribution in [1.82, 2.24) is 9.97 Å². The van der Waals surface area contributed by atoms with Gasteiger partial charge in [-0.2, -0.15) is 9.97 Å². The number of thioether (sulfide) groups is 1. The number of carboxylic acid groups (broad SMARTS) is 1. The zero-order valence-corrected chi connectivity index (χ0v) is 17.2. The largest absolute Gasteiger partial charge is 0.481 e. The molecule has 1 aliphatic carbocycles. The summed E-state index contributed by atoms with van der Waals surface area (Å²) in [6.07, 6.45) is 5.19. The van der Waals surface area contributed by atoms with E-state index in [0.29, 0.717) is 29.8 Å². The normalized spacial score (nSPS) is 24.9. The average Bonchev–Trinajstić information content (AvgIpc) is 2.61. The first-order valence-corrected chi connectivity index (χ1v) is 10.0. The van der Waals surface area contributed by atoms with E-state index >= 15 is 0 Å². The van der Waals surface area contributed by atoms with Crippen LogP contribution in [0.3, 0.4) is 0 Å². The number of carboxylic acids is 1. The Kier molecular flexibility index (Phi) is 6.77. The number of ether oxygens (including phenoxy) is 2. The molecule has 1 fully saturated rings. The van der Waals surface area contributed by atoms with Gasteiger partial charge in [-0.05, 0) is 24.7 Å². The van der Waals surface area contributed by atoms with Gasteiger partial charge in [0.1, 0.15) is 0 Å². The van der Waals surface area contributed by atoms with E-state index < -0.39 is 11.4 Å². The first-order valence-electron chi connectivity index (χ1n) is 9.16. The molecule has 1 aromatic rings. The fraction of sp³-hybridized carbons (Fsp3) is 0.737. The van der Waals surface area contributed by atoms with Crippen molar-refractivity contribution in [3.05, 3.63) is 6.07 Å². The summed E-state index contributed by atoms with van der Waals surface area (Å²) >= 11 is 1.45. The van der Waals surface area contributed by atoms with E-state index in [1.54, 1.807) is 20.3 Å². The predicted molar refractivity (Wildman–Crippen MR) is 102 cm³/mol.